The summed E-state index contributed by atoms with van der Waals surface area (Å²) in [5.41, 5.74) is 0.426. The highest BCUT2D eigenvalue weighted by Gasteiger charge is 2.24. The number of Topliss-reactive ketones (excluding diaryl/α,β-unsaturated/α-hetero) is 1. The Morgan fingerprint density at radius 1 is 1.00 bits per heavy atom. The van der Waals surface area contributed by atoms with Crippen molar-refractivity contribution in [1.82, 2.24) is 10.6 Å². The lowest BCUT2D eigenvalue weighted by Gasteiger charge is -2.14. The maximum Gasteiger partial charge on any atom is 0.407 e. The van der Waals surface area contributed by atoms with Crippen LogP contribution in [0.15, 0.2) is 18.2 Å². The third kappa shape index (κ3) is 4.52. The summed E-state index contributed by atoms with van der Waals surface area (Å²) in [6.45, 7) is 2.49. The van der Waals surface area contributed by atoms with E-state index in [1.807, 2.05) is 0 Å². The van der Waals surface area contributed by atoms with E-state index >= 15 is 0 Å². The third-order valence-electron chi connectivity index (χ3n) is 3.65. The van der Waals surface area contributed by atoms with E-state index in [0.29, 0.717) is 30.2 Å². The minimum Gasteiger partial charge on any atom is -0.489 e. The Morgan fingerprint density at radius 3 is 1.84 bits per heavy atom. The summed E-state index contributed by atoms with van der Waals surface area (Å²) in [5, 5.41) is 5.07. The number of carbonyl (C=O) groups excluding carboxylic acids is 3. The number of cyclic esters (lactones) is 2. The van der Waals surface area contributed by atoms with Crippen LogP contribution in [-0.4, -0.2) is 56.5 Å². The minimum absolute atomic E-state index is 0.141. The molecule has 3 rings (SSSR count). The Labute approximate surface area is 143 Å². The van der Waals surface area contributed by atoms with Gasteiger partial charge < -0.3 is 29.6 Å². The van der Waals surface area contributed by atoms with E-state index in [1.165, 1.54) is 6.92 Å². The molecule has 2 amide bonds. The van der Waals surface area contributed by atoms with Crippen molar-refractivity contribution in [2.75, 3.05) is 26.3 Å². The summed E-state index contributed by atoms with van der Waals surface area (Å²) in [7, 11) is 0. The van der Waals surface area contributed by atoms with Crippen molar-refractivity contribution in [2.24, 2.45) is 0 Å². The van der Waals surface area contributed by atoms with Gasteiger partial charge in [0, 0.05) is 11.6 Å². The first-order valence-electron chi connectivity index (χ1n) is 7.80. The number of amides is 2. The molecule has 2 aliphatic rings. The molecule has 0 aliphatic carbocycles. The van der Waals surface area contributed by atoms with Crippen LogP contribution in [-0.2, 0) is 9.47 Å². The van der Waals surface area contributed by atoms with Gasteiger partial charge in [-0.05, 0) is 19.1 Å². The molecule has 0 saturated carbocycles. The van der Waals surface area contributed by atoms with Gasteiger partial charge in [-0.3, -0.25) is 4.79 Å². The van der Waals surface area contributed by atoms with Gasteiger partial charge in [0.2, 0.25) is 0 Å². The molecule has 2 aliphatic heterocycles. The van der Waals surface area contributed by atoms with Crippen molar-refractivity contribution in [3.8, 4) is 11.5 Å². The zero-order valence-corrected chi connectivity index (χ0v) is 13.6. The Morgan fingerprint density at radius 2 is 1.48 bits per heavy atom. The number of ether oxygens (including phenoxy) is 4. The lowest BCUT2D eigenvalue weighted by molar-refractivity contribution is 0.100. The molecule has 0 radical (unpaired) electrons. The van der Waals surface area contributed by atoms with Crippen LogP contribution in [0.2, 0.25) is 0 Å². The standard InChI is InChI=1S/C16H18N2O7/c1-9(19)10-2-11(22-7-13-5-17-15(20)24-13)4-12(3-10)23-8-14-6-18-16(21)25-14/h2-4,13-14H,5-8H2,1H3,(H,17,20)(H,18,21). The number of benzene rings is 1. The zero-order valence-electron chi connectivity index (χ0n) is 13.6. The summed E-state index contributed by atoms with van der Waals surface area (Å²) in [6.07, 6.45) is -1.73. The molecule has 2 atom stereocenters. The van der Waals surface area contributed by atoms with Crippen LogP contribution in [0, 0.1) is 0 Å². The van der Waals surface area contributed by atoms with Crippen molar-refractivity contribution in [2.45, 2.75) is 19.1 Å². The van der Waals surface area contributed by atoms with Crippen molar-refractivity contribution in [1.29, 1.82) is 0 Å². The molecular weight excluding hydrogens is 332 g/mol. The fourth-order valence-electron chi connectivity index (χ4n) is 2.37. The van der Waals surface area contributed by atoms with Crippen LogP contribution in [0.5, 0.6) is 11.5 Å². The molecule has 0 spiro atoms. The second-order valence-electron chi connectivity index (χ2n) is 5.69. The highest BCUT2D eigenvalue weighted by molar-refractivity contribution is 5.94. The van der Waals surface area contributed by atoms with Crippen molar-refractivity contribution in [3.63, 3.8) is 0 Å². The molecule has 2 unspecified atom stereocenters. The van der Waals surface area contributed by atoms with Gasteiger partial charge in [-0.1, -0.05) is 0 Å². The lowest BCUT2D eigenvalue weighted by atomic mass is 10.1. The molecule has 2 fully saturated rings. The quantitative estimate of drug-likeness (QED) is 0.702. The van der Waals surface area contributed by atoms with Crippen LogP contribution in [0.1, 0.15) is 17.3 Å². The lowest BCUT2D eigenvalue weighted by Crippen LogP contribution is -2.22. The maximum atomic E-state index is 11.7. The summed E-state index contributed by atoms with van der Waals surface area (Å²) in [4.78, 5) is 33.7. The third-order valence-corrected chi connectivity index (χ3v) is 3.65. The van der Waals surface area contributed by atoms with Crippen LogP contribution >= 0.6 is 0 Å². The van der Waals surface area contributed by atoms with Gasteiger partial charge in [0.05, 0.1) is 13.1 Å². The predicted molar refractivity (Wildman–Crippen MR) is 84.0 cm³/mol. The smallest absolute Gasteiger partial charge is 0.407 e. The van der Waals surface area contributed by atoms with E-state index in [4.69, 9.17) is 18.9 Å². The van der Waals surface area contributed by atoms with Gasteiger partial charge in [-0.25, -0.2) is 9.59 Å². The number of rotatable bonds is 7. The number of carbonyl (C=O) groups is 3. The number of alkyl carbamates (subject to hydrolysis) is 2. The van der Waals surface area contributed by atoms with Gasteiger partial charge in [-0.15, -0.1) is 0 Å². The van der Waals surface area contributed by atoms with Gasteiger partial charge >= 0.3 is 12.2 Å². The molecular formula is C16H18N2O7. The van der Waals surface area contributed by atoms with Gasteiger partial charge in [-0.2, -0.15) is 0 Å². The maximum absolute atomic E-state index is 11.7. The Hall–Kier alpha value is -2.97. The first-order chi connectivity index (χ1) is 12.0. The topological polar surface area (TPSA) is 112 Å². The van der Waals surface area contributed by atoms with E-state index in [9.17, 15) is 14.4 Å². The van der Waals surface area contributed by atoms with Crippen LogP contribution in [0.4, 0.5) is 9.59 Å². The molecule has 0 aromatic heterocycles. The van der Waals surface area contributed by atoms with Crippen LogP contribution < -0.4 is 20.1 Å². The molecule has 134 valence electrons. The summed E-state index contributed by atoms with van der Waals surface area (Å²) >= 11 is 0. The first-order valence-corrected chi connectivity index (χ1v) is 7.80. The van der Waals surface area contributed by atoms with Gasteiger partial charge in [0.1, 0.15) is 24.7 Å². The molecule has 0 bridgehead atoms. The Balaban J connectivity index is 1.63. The molecule has 2 N–H and O–H groups in total. The number of ketones is 1. The van der Waals surface area contributed by atoms with Gasteiger partial charge in [0.25, 0.3) is 0 Å². The fourth-order valence-corrected chi connectivity index (χ4v) is 2.37. The van der Waals surface area contributed by atoms with E-state index in [0.717, 1.165) is 0 Å². The Bertz CT molecular complexity index is 643. The first kappa shape index (κ1) is 16.9. The largest absolute Gasteiger partial charge is 0.489 e. The molecule has 9 nitrogen and oxygen atoms in total. The molecule has 2 heterocycles. The molecule has 25 heavy (non-hydrogen) atoms. The Kier molecular flexibility index (Phi) is 4.92. The predicted octanol–water partition coefficient (Wildman–Crippen LogP) is 0.864. The monoisotopic (exact) mass is 350 g/mol. The molecule has 9 heteroatoms. The van der Waals surface area contributed by atoms with E-state index in [2.05, 4.69) is 10.6 Å². The second kappa shape index (κ2) is 7.29. The highest BCUT2D eigenvalue weighted by atomic mass is 16.6. The van der Waals surface area contributed by atoms with Crippen molar-refractivity contribution >= 4 is 18.0 Å². The second-order valence-corrected chi connectivity index (χ2v) is 5.69. The zero-order chi connectivity index (χ0) is 17.8. The van der Waals surface area contributed by atoms with E-state index in [1.54, 1.807) is 18.2 Å². The van der Waals surface area contributed by atoms with Gasteiger partial charge in [0.15, 0.2) is 18.0 Å². The molecule has 1 aromatic rings. The van der Waals surface area contributed by atoms with Crippen LogP contribution in [0.3, 0.4) is 0 Å². The van der Waals surface area contributed by atoms with Crippen LogP contribution in [0.25, 0.3) is 0 Å². The average molecular weight is 350 g/mol. The normalized spacial score (nSPS) is 21.8. The fraction of sp³-hybridized carbons (Fsp3) is 0.438. The highest BCUT2D eigenvalue weighted by Crippen LogP contribution is 2.24. The number of hydrogen-bond acceptors (Lipinski definition) is 7. The number of nitrogens with one attached hydrogen (secondary N) is 2. The van der Waals surface area contributed by atoms with Crippen molar-refractivity contribution in [3.05, 3.63) is 23.8 Å². The van der Waals surface area contributed by atoms with Crippen molar-refractivity contribution < 1.29 is 33.3 Å². The molecule has 2 saturated heterocycles. The van der Waals surface area contributed by atoms with E-state index in [-0.39, 0.29) is 31.2 Å². The average Bonchev–Trinajstić information content (AvgIpc) is 3.19. The SMILES string of the molecule is CC(=O)c1cc(OCC2CNC(=O)O2)cc(OCC2CNC(=O)O2)c1. The summed E-state index contributed by atoms with van der Waals surface area (Å²) in [6, 6.07) is 4.81. The minimum atomic E-state index is -0.477. The summed E-state index contributed by atoms with van der Waals surface area (Å²) in [5.74, 6) is 0.706. The summed E-state index contributed by atoms with van der Waals surface area (Å²) < 4.78 is 21.2. The van der Waals surface area contributed by atoms with E-state index < -0.39 is 12.2 Å². The number of hydrogen-bond donors (Lipinski definition) is 2. The molecule has 1 aromatic carbocycles.